The van der Waals surface area contributed by atoms with E-state index in [1.54, 1.807) is 12.1 Å². The lowest BCUT2D eigenvalue weighted by atomic mass is 10.2. The van der Waals surface area contributed by atoms with Crippen molar-refractivity contribution in [3.8, 4) is 6.07 Å². The van der Waals surface area contributed by atoms with Crippen LogP contribution in [0.4, 0.5) is 10.1 Å². The van der Waals surface area contributed by atoms with E-state index in [-0.39, 0.29) is 11.7 Å². The summed E-state index contributed by atoms with van der Waals surface area (Å²) in [6.07, 6.45) is 0.412. The summed E-state index contributed by atoms with van der Waals surface area (Å²) in [5, 5.41) is 11.4. The molecule has 2 rings (SSSR count). The zero-order valence-electron chi connectivity index (χ0n) is 11.9. The van der Waals surface area contributed by atoms with E-state index in [0.29, 0.717) is 25.2 Å². The molecule has 0 saturated carbocycles. The minimum atomic E-state index is -0.316. The second-order valence-electron chi connectivity index (χ2n) is 5.08. The fourth-order valence-corrected chi connectivity index (χ4v) is 2.29. The normalized spacial score (nSPS) is 16.4. The predicted octanol–water partition coefficient (Wildman–Crippen LogP) is 1.30. The number of nitrogens with zero attached hydrogens (tertiary/aromatic N) is 3. The van der Waals surface area contributed by atoms with E-state index in [9.17, 15) is 9.18 Å². The molecule has 1 aliphatic rings. The van der Waals surface area contributed by atoms with Crippen LogP contribution in [0.1, 0.15) is 6.42 Å². The zero-order valence-corrected chi connectivity index (χ0v) is 11.9. The van der Waals surface area contributed by atoms with Gasteiger partial charge in [0.1, 0.15) is 5.82 Å². The van der Waals surface area contributed by atoms with Gasteiger partial charge in [0.2, 0.25) is 5.91 Å². The molecular weight excluding hydrogens is 271 g/mol. The van der Waals surface area contributed by atoms with E-state index in [1.807, 2.05) is 0 Å². The number of halogens is 1. The van der Waals surface area contributed by atoms with Crippen LogP contribution in [0.5, 0.6) is 0 Å². The molecule has 1 amide bonds. The van der Waals surface area contributed by atoms with Gasteiger partial charge in [0, 0.05) is 44.8 Å². The predicted molar refractivity (Wildman–Crippen MR) is 78.1 cm³/mol. The fraction of sp³-hybridized carbons (Fsp3) is 0.467. The van der Waals surface area contributed by atoms with Crippen LogP contribution >= 0.6 is 0 Å². The average Bonchev–Trinajstić information content (AvgIpc) is 2.49. The third-order valence-electron chi connectivity index (χ3n) is 3.54. The molecule has 0 aliphatic carbocycles. The summed E-state index contributed by atoms with van der Waals surface area (Å²) in [5.74, 6) is -0.385. The molecule has 0 spiro atoms. The number of hydrogen-bond donors (Lipinski definition) is 1. The number of benzene rings is 1. The van der Waals surface area contributed by atoms with Gasteiger partial charge < -0.3 is 10.2 Å². The maximum Gasteiger partial charge on any atom is 0.225 e. The molecule has 1 N–H and O–H groups in total. The van der Waals surface area contributed by atoms with Crippen molar-refractivity contribution in [3.63, 3.8) is 0 Å². The minimum Gasteiger partial charge on any atom is -0.326 e. The number of piperazine rings is 1. The number of anilines is 1. The van der Waals surface area contributed by atoms with Crippen molar-refractivity contribution in [2.24, 2.45) is 0 Å². The van der Waals surface area contributed by atoms with Gasteiger partial charge in [0.15, 0.2) is 0 Å². The second-order valence-corrected chi connectivity index (χ2v) is 5.08. The van der Waals surface area contributed by atoms with Crippen LogP contribution < -0.4 is 5.32 Å². The van der Waals surface area contributed by atoms with E-state index < -0.39 is 0 Å². The molecule has 1 saturated heterocycles. The number of amides is 1. The Morgan fingerprint density at radius 3 is 2.43 bits per heavy atom. The lowest BCUT2D eigenvalue weighted by molar-refractivity contribution is -0.116. The van der Waals surface area contributed by atoms with Gasteiger partial charge in [0.05, 0.1) is 12.6 Å². The number of hydrogen-bond acceptors (Lipinski definition) is 4. The third kappa shape index (κ3) is 5.14. The minimum absolute atomic E-state index is 0.0685. The summed E-state index contributed by atoms with van der Waals surface area (Å²) in [4.78, 5) is 16.1. The SMILES string of the molecule is N#CCN1CCN(CCC(=O)Nc2ccc(F)cc2)CC1. The summed E-state index contributed by atoms with van der Waals surface area (Å²) in [6, 6.07) is 7.90. The van der Waals surface area contributed by atoms with E-state index in [2.05, 4.69) is 21.2 Å². The van der Waals surface area contributed by atoms with Crippen molar-refractivity contribution < 1.29 is 9.18 Å². The highest BCUT2D eigenvalue weighted by Gasteiger charge is 2.16. The molecule has 5 nitrogen and oxygen atoms in total. The van der Waals surface area contributed by atoms with Gasteiger partial charge >= 0.3 is 0 Å². The zero-order chi connectivity index (χ0) is 15.1. The molecule has 0 bridgehead atoms. The van der Waals surface area contributed by atoms with Gasteiger partial charge in [-0.15, -0.1) is 0 Å². The Morgan fingerprint density at radius 2 is 1.81 bits per heavy atom. The van der Waals surface area contributed by atoms with E-state index in [1.165, 1.54) is 12.1 Å². The summed E-state index contributed by atoms with van der Waals surface area (Å²) in [6.45, 7) is 4.67. The van der Waals surface area contributed by atoms with E-state index in [0.717, 1.165) is 26.2 Å². The van der Waals surface area contributed by atoms with E-state index >= 15 is 0 Å². The van der Waals surface area contributed by atoms with Crippen LogP contribution in [0, 0.1) is 17.1 Å². The molecule has 0 atom stereocenters. The lowest BCUT2D eigenvalue weighted by Crippen LogP contribution is -2.46. The fourth-order valence-electron chi connectivity index (χ4n) is 2.29. The summed E-state index contributed by atoms with van der Waals surface area (Å²) < 4.78 is 12.8. The molecule has 0 radical (unpaired) electrons. The van der Waals surface area contributed by atoms with Crippen LogP contribution in [0.25, 0.3) is 0 Å². The first kappa shape index (κ1) is 15.4. The first-order valence-corrected chi connectivity index (χ1v) is 7.04. The number of rotatable bonds is 5. The summed E-state index contributed by atoms with van der Waals surface area (Å²) >= 11 is 0. The molecular formula is C15H19FN4O. The first-order chi connectivity index (χ1) is 10.2. The van der Waals surface area contributed by atoms with Crippen LogP contribution in [-0.4, -0.2) is 55.0 Å². The van der Waals surface area contributed by atoms with Gasteiger partial charge in [-0.2, -0.15) is 5.26 Å². The average molecular weight is 290 g/mol. The van der Waals surface area contributed by atoms with Crippen molar-refractivity contribution in [2.75, 3.05) is 44.6 Å². The van der Waals surface area contributed by atoms with Crippen molar-refractivity contribution in [3.05, 3.63) is 30.1 Å². The van der Waals surface area contributed by atoms with Crippen molar-refractivity contribution in [2.45, 2.75) is 6.42 Å². The maximum absolute atomic E-state index is 12.8. The Kier molecular flexibility index (Phi) is 5.67. The standard InChI is InChI=1S/C15H19FN4O/c16-13-1-3-14(4-2-13)18-15(21)5-7-19-9-11-20(8-6-17)12-10-19/h1-4H,5,7-12H2,(H,18,21). The van der Waals surface area contributed by atoms with Crippen molar-refractivity contribution in [1.29, 1.82) is 5.26 Å². The van der Waals surface area contributed by atoms with Crippen LogP contribution in [0.2, 0.25) is 0 Å². The van der Waals surface area contributed by atoms with Gasteiger partial charge in [-0.3, -0.25) is 9.69 Å². The molecule has 21 heavy (non-hydrogen) atoms. The van der Waals surface area contributed by atoms with Gasteiger partial charge in [-0.1, -0.05) is 0 Å². The molecule has 0 unspecified atom stereocenters. The molecule has 1 aliphatic heterocycles. The number of nitriles is 1. The van der Waals surface area contributed by atoms with Crippen LogP contribution in [0.15, 0.2) is 24.3 Å². The molecule has 1 fully saturated rings. The summed E-state index contributed by atoms with van der Waals surface area (Å²) in [5.41, 5.74) is 0.611. The van der Waals surface area contributed by atoms with Crippen molar-refractivity contribution >= 4 is 11.6 Å². The molecule has 0 aromatic heterocycles. The number of nitrogens with one attached hydrogen (secondary N) is 1. The van der Waals surface area contributed by atoms with Gasteiger partial charge in [-0.25, -0.2) is 4.39 Å². The quantitative estimate of drug-likeness (QED) is 0.830. The maximum atomic E-state index is 12.8. The largest absolute Gasteiger partial charge is 0.326 e. The van der Waals surface area contributed by atoms with Crippen LogP contribution in [0.3, 0.4) is 0 Å². The Morgan fingerprint density at radius 1 is 1.19 bits per heavy atom. The molecule has 6 heteroatoms. The Labute approximate surface area is 123 Å². The highest BCUT2D eigenvalue weighted by molar-refractivity contribution is 5.90. The highest BCUT2D eigenvalue weighted by Crippen LogP contribution is 2.09. The molecule has 1 heterocycles. The second kappa shape index (κ2) is 7.72. The van der Waals surface area contributed by atoms with Gasteiger partial charge in [-0.05, 0) is 24.3 Å². The van der Waals surface area contributed by atoms with Crippen molar-refractivity contribution in [1.82, 2.24) is 9.80 Å². The van der Waals surface area contributed by atoms with Gasteiger partial charge in [0.25, 0.3) is 0 Å². The number of carbonyl (C=O) groups excluding carboxylic acids is 1. The summed E-state index contributed by atoms with van der Waals surface area (Å²) in [7, 11) is 0. The van der Waals surface area contributed by atoms with E-state index in [4.69, 9.17) is 5.26 Å². The highest BCUT2D eigenvalue weighted by atomic mass is 19.1. The Bertz CT molecular complexity index is 503. The first-order valence-electron chi connectivity index (χ1n) is 7.04. The molecule has 112 valence electrons. The molecule has 1 aromatic carbocycles. The Balaban J connectivity index is 1.68. The smallest absolute Gasteiger partial charge is 0.225 e. The number of carbonyl (C=O) groups is 1. The lowest BCUT2D eigenvalue weighted by Gasteiger charge is -2.33. The Hall–Kier alpha value is -1.97. The topological polar surface area (TPSA) is 59.4 Å². The monoisotopic (exact) mass is 290 g/mol. The van der Waals surface area contributed by atoms with Crippen LogP contribution in [-0.2, 0) is 4.79 Å². The third-order valence-corrected chi connectivity index (χ3v) is 3.54. The molecule has 1 aromatic rings.